The van der Waals surface area contributed by atoms with Gasteiger partial charge in [-0.25, -0.2) is 0 Å². The van der Waals surface area contributed by atoms with Crippen LogP contribution in [0.2, 0.25) is 5.02 Å². The summed E-state index contributed by atoms with van der Waals surface area (Å²) in [4.78, 5) is 0. The summed E-state index contributed by atoms with van der Waals surface area (Å²) in [7, 11) is 2.09. The first-order chi connectivity index (χ1) is 8.70. The van der Waals surface area contributed by atoms with Gasteiger partial charge in [-0.05, 0) is 30.2 Å². The molecule has 1 aromatic heterocycles. The normalized spacial score (nSPS) is 11.1. The molecule has 0 fully saturated rings. The van der Waals surface area contributed by atoms with E-state index in [0.29, 0.717) is 0 Å². The van der Waals surface area contributed by atoms with E-state index in [1.807, 2.05) is 18.2 Å². The van der Waals surface area contributed by atoms with Crippen molar-refractivity contribution in [1.82, 2.24) is 4.57 Å². The third kappa shape index (κ3) is 1.55. The highest BCUT2D eigenvalue weighted by Crippen LogP contribution is 2.35. The Morgan fingerprint density at radius 1 is 0.944 bits per heavy atom. The van der Waals surface area contributed by atoms with E-state index >= 15 is 0 Å². The highest BCUT2D eigenvalue weighted by Gasteiger charge is 2.14. The second kappa shape index (κ2) is 4.18. The van der Waals surface area contributed by atoms with Crippen molar-refractivity contribution < 1.29 is 0 Å². The number of fused-ring (bicyclic) bond motifs is 1. The molecule has 2 aromatic carbocycles. The van der Waals surface area contributed by atoms with Crippen molar-refractivity contribution in [2.24, 2.45) is 7.05 Å². The summed E-state index contributed by atoms with van der Waals surface area (Å²) in [6.07, 6.45) is 0. The number of halogens is 1. The van der Waals surface area contributed by atoms with Crippen molar-refractivity contribution in [2.45, 2.75) is 6.92 Å². The molecule has 0 amide bonds. The molecule has 0 aliphatic carbocycles. The van der Waals surface area contributed by atoms with Gasteiger partial charge < -0.3 is 4.57 Å². The van der Waals surface area contributed by atoms with Gasteiger partial charge in [0.25, 0.3) is 0 Å². The number of benzene rings is 2. The Morgan fingerprint density at radius 3 is 2.33 bits per heavy atom. The Morgan fingerprint density at radius 2 is 1.67 bits per heavy atom. The molecule has 0 N–H and O–H groups in total. The van der Waals surface area contributed by atoms with Crippen molar-refractivity contribution in [3.05, 3.63) is 59.1 Å². The monoisotopic (exact) mass is 255 g/mol. The van der Waals surface area contributed by atoms with Crippen LogP contribution in [0.15, 0.2) is 48.5 Å². The zero-order valence-corrected chi connectivity index (χ0v) is 11.2. The first-order valence-corrected chi connectivity index (χ1v) is 6.37. The first-order valence-electron chi connectivity index (χ1n) is 5.99. The predicted octanol–water partition coefficient (Wildman–Crippen LogP) is 4.81. The van der Waals surface area contributed by atoms with Gasteiger partial charge in [0.15, 0.2) is 0 Å². The van der Waals surface area contributed by atoms with E-state index in [1.54, 1.807) is 0 Å². The molecule has 2 heteroatoms. The SMILES string of the molecule is Cc1c(-c2ccccc2)n(C)c2cccc(Cl)c12. The number of hydrogen-bond donors (Lipinski definition) is 0. The van der Waals surface area contributed by atoms with Gasteiger partial charge in [-0.1, -0.05) is 48.0 Å². The van der Waals surface area contributed by atoms with Crippen molar-refractivity contribution in [3.8, 4) is 11.3 Å². The molecular formula is C16H14ClN. The largest absolute Gasteiger partial charge is 0.343 e. The van der Waals surface area contributed by atoms with E-state index < -0.39 is 0 Å². The molecule has 0 radical (unpaired) electrons. The number of nitrogens with zero attached hydrogens (tertiary/aromatic N) is 1. The lowest BCUT2D eigenvalue weighted by atomic mass is 10.1. The van der Waals surface area contributed by atoms with Gasteiger partial charge in [0, 0.05) is 12.4 Å². The van der Waals surface area contributed by atoms with Crippen LogP contribution >= 0.6 is 11.6 Å². The summed E-state index contributed by atoms with van der Waals surface area (Å²) in [5.41, 5.74) is 4.88. The zero-order chi connectivity index (χ0) is 12.7. The van der Waals surface area contributed by atoms with E-state index in [-0.39, 0.29) is 0 Å². The zero-order valence-electron chi connectivity index (χ0n) is 10.4. The minimum atomic E-state index is 0.822. The van der Waals surface area contributed by atoms with Gasteiger partial charge in [-0.15, -0.1) is 0 Å². The van der Waals surface area contributed by atoms with Gasteiger partial charge in [-0.2, -0.15) is 0 Å². The predicted molar refractivity (Wildman–Crippen MR) is 78.1 cm³/mol. The molecule has 0 spiro atoms. The topological polar surface area (TPSA) is 4.93 Å². The number of rotatable bonds is 1. The Bertz CT molecular complexity index is 711. The van der Waals surface area contributed by atoms with E-state index in [0.717, 1.165) is 10.4 Å². The molecule has 0 unspecified atom stereocenters. The molecule has 0 aliphatic heterocycles. The van der Waals surface area contributed by atoms with Crippen molar-refractivity contribution in [1.29, 1.82) is 0 Å². The van der Waals surface area contributed by atoms with Crippen LogP contribution < -0.4 is 0 Å². The molecule has 0 saturated heterocycles. The maximum absolute atomic E-state index is 6.32. The molecule has 0 saturated carbocycles. The molecule has 18 heavy (non-hydrogen) atoms. The summed E-state index contributed by atoms with van der Waals surface area (Å²) < 4.78 is 2.21. The third-order valence-electron chi connectivity index (χ3n) is 3.47. The highest BCUT2D eigenvalue weighted by atomic mass is 35.5. The fourth-order valence-electron chi connectivity index (χ4n) is 2.66. The van der Waals surface area contributed by atoms with E-state index in [1.165, 1.54) is 22.3 Å². The molecule has 0 aliphatic rings. The average Bonchev–Trinajstić information content (AvgIpc) is 2.64. The highest BCUT2D eigenvalue weighted by molar-refractivity contribution is 6.36. The van der Waals surface area contributed by atoms with Crippen LogP contribution in [0.3, 0.4) is 0 Å². The lowest BCUT2D eigenvalue weighted by Gasteiger charge is -2.05. The van der Waals surface area contributed by atoms with Crippen molar-refractivity contribution >= 4 is 22.5 Å². The molecule has 3 rings (SSSR count). The average molecular weight is 256 g/mol. The number of aromatic nitrogens is 1. The second-order valence-corrected chi connectivity index (χ2v) is 4.94. The summed E-state index contributed by atoms with van der Waals surface area (Å²) in [5.74, 6) is 0. The lowest BCUT2D eigenvalue weighted by Crippen LogP contribution is -1.91. The van der Waals surface area contributed by atoms with Crippen LogP contribution in [-0.2, 0) is 7.05 Å². The van der Waals surface area contributed by atoms with Crippen LogP contribution in [0, 0.1) is 6.92 Å². The minimum Gasteiger partial charge on any atom is -0.343 e. The standard InChI is InChI=1S/C16H14ClN/c1-11-15-13(17)9-6-10-14(15)18(2)16(11)12-7-4-3-5-8-12/h3-10H,1-2H3. The van der Waals surface area contributed by atoms with Gasteiger partial charge in [0.05, 0.1) is 16.2 Å². The van der Waals surface area contributed by atoms with Gasteiger partial charge in [0.1, 0.15) is 0 Å². The molecule has 0 bridgehead atoms. The smallest absolute Gasteiger partial charge is 0.0518 e. The quantitative estimate of drug-likeness (QED) is 0.588. The van der Waals surface area contributed by atoms with Crippen LogP contribution in [0.25, 0.3) is 22.2 Å². The summed E-state index contributed by atoms with van der Waals surface area (Å²) >= 11 is 6.32. The van der Waals surface area contributed by atoms with Crippen LogP contribution in [0.4, 0.5) is 0 Å². The molecule has 0 atom stereocenters. The van der Waals surface area contributed by atoms with E-state index in [9.17, 15) is 0 Å². The Hall–Kier alpha value is -1.73. The molecule has 1 nitrogen and oxygen atoms in total. The Kier molecular flexibility index (Phi) is 2.64. The first kappa shape index (κ1) is 11.4. The van der Waals surface area contributed by atoms with E-state index in [4.69, 9.17) is 11.6 Å². The van der Waals surface area contributed by atoms with Crippen LogP contribution in [0.5, 0.6) is 0 Å². The summed E-state index contributed by atoms with van der Waals surface area (Å²) in [5, 5.41) is 1.98. The fraction of sp³-hybridized carbons (Fsp3) is 0.125. The lowest BCUT2D eigenvalue weighted by molar-refractivity contribution is 0.974. The number of hydrogen-bond acceptors (Lipinski definition) is 0. The molecule has 90 valence electrons. The Balaban J connectivity index is 2.42. The van der Waals surface area contributed by atoms with Crippen LogP contribution in [-0.4, -0.2) is 4.57 Å². The van der Waals surface area contributed by atoms with Gasteiger partial charge in [-0.3, -0.25) is 0 Å². The Labute approximate surface area is 112 Å². The second-order valence-electron chi connectivity index (χ2n) is 4.53. The maximum atomic E-state index is 6.32. The van der Waals surface area contributed by atoms with E-state index in [2.05, 4.69) is 48.9 Å². The summed E-state index contributed by atoms with van der Waals surface area (Å²) in [6, 6.07) is 16.5. The van der Waals surface area contributed by atoms with Crippen molar-refractivity contribution in [2.75, 3.05) is 0 Å². The maximum Gasteiger partial charge on any atom is 0.0518 e. The van der Waals surface area contributed by atoms with Crippen molar-refractivity contribution in [3.63, 3.8) is 0 Å². The van der Waals surface area contributed by atoms with Gasteiger partial charge >= 0.3 is 0 Å². The molecular weight excluding hydrogens is 242 g/mol. The number of aryl methyl sites for hydroxylation is 2. The fourth-order valence-corrected chi connectivity index (χ4v) is 2.97. The third-order valence-corrected chi connectivity index (χ3v) is 3.78. The molecule has 3 aromatic rings. The molecule has 1 heterocycles. The van der Waals surface area contributed by atoms with Crippen LogP contribution in [0.1, 0.15) is 5.56 Å². The minimum absolute atomic E-state index is 0.822. The van der Waals surface area contributed by atoms with Gasteiger partial charge in [0.2, 0.25) is 0 Å². The summed E-state index contributed by atoms with van der Waals surface area (Å²) in [6.45, 7) is 2.14.